The second-order valence-electron chi connectivity index (χ2n) is 13.3. The molecule has 8 aromatic carbocycles. The van der Waals surface area contributed by atoms with Crippen molar-refractivity contribution in [2.24, 2.45) is 0 Å². The van der Waals surface area contributed by atoms with E-state index >= 15 is 0 Å². The Bertz CT molecular complexity index is 2680. The van der Waals surface area contributed by atoms with E-state index in [9.17, 15) is 0 Å². The lowest BCUT2D eigenvalue weighted by Gasteiger charge is -2.34. The summed E-state index contributed by atoms with van der Waals surface area (Å²) in [7, 11) is 0. The van der Waals surface area contributed by atoms with Gasteiger partial charge in [0, 0.05) is 11.1 Å². The van der Waals surface area contributed by atoms with Gasteiger partial charge in [-0.05, 0) is 79.5 Å². The van der Waals surface area contributed by atoms with Crippen molar-refractivity contribution >= 4 is 21.8 Å². The number of benzene rings is 8. The third kappa shape index (κ3) is 4.57. The average Bonchev–Trinajstić information content (AvgIpc) is 3.50. The lowest BCUT2D eigenvalue weighted by molar-refractivity contribution is 0.769. The van der Waals surface area contributed by atoms with Crippen molar-refractivity contribution in [3.8, 4) is 44.8 Å². The van der Waals surface area contributed by atoms with Crippen molar-refractivity contribution < 1.29 is 0 Å². The fourth-order valence-corrected chi connectivity index (χ4v) is 8.28. The van der Waals surface area contributed by atoms with Crippen LogP contribution in [0.4, 0.5) is 0 Å². The molecule has 10 rings (SSSR count). The summed E-state index contributed by atoms with van der Waals surface area (Å²) >= 11 is 0. The third-order valence-electron chi connectivity index (χ3n) is 10.5. The Morgan fingerprint density at radius 3 is 1.53 bits per heavy atom. The van der Waals surface area contributed by atoms with E-state index in [2.05, 4.69) is 182 Å². The molecule has 1 heterocycles. The molecule has 0 saturated heterocycles. The van der Waals surface area contributed by atoms with Crippen molar-refractivity contribution in [2.75, 3.05) is 0 Å². The molecule has 2 nitrogen and oxygen atoms in total. The predicted octanol–water partition coefficient (Wildman–Crippen LogP) is 12.1. The molecule has 2 heteroatoms. The van der Waals surface area contributed by atoms with Crippen LogP contribution in [0.5, 0.6) is 0 Å². The molecule has 0 radical (unpaired) electrons. The normalized spacial score (nSPS) is 12.9. The fraction of sp³-hybridized carbons (Fsp3) is 0.0204. The zero-order valence-electron chi connectivity index (χ0n) is 27.9. The van der Waals surface area contributed by atoms with Crippen molar-refractivity contribution in [2.45, 2.75) is 5.41 Å². The maximum absolute atomic E-state index is 5.30. The van der Waals surface area contributed by atoms with Crippen LogP contribution in [0.25, 0.3) is 66.6 Å². The van der Waals surface area contributed by atoms with Gasteiger partial charge in [-0.2, -0.15) is 0 Å². The Morgan fingerprint density at radius 2 is 0.882 bits per heavy atom. The first-order valence-corrected chi connectivity index (χ1v) is 17.5. The van der Waals surface area contributed by atoms with Gasteiger partial charge in [-0.25, -0.2) is 9.97 Å². The van der Waals surface area contributed by atoms with Gasteiger partial charge in [0.2, 0.25) is 0 Å². The first-order valence-electron chi connectivity index (χ1n) is 17.5. The Labute approximate surface area is 297 Å². The molecule has 0 spiro atoms. The van der Waals surface area contributed by atoms with E-state index in [0.717, 1.165) is 39.1 Å². The van der Waals surface area contributed by atoms with Gasteiger partial charge < -0.3 is 0 Å². The average molecular weight is 649 g/mol. The SMILES string of the molecule is c1ccc(-c2nc3ccc(-c4cccc5cc6c(cc45)-c4ccccc4C6(c4ccccc4)c4ccccc4)cc3nc2-c2ccccc2)cc1. The highest BCUT2D eigenvalue weighted by Crippen LogP contribution is 2.57. The first kappa shape index (κ1) is 29.3. The van der Waals surface area contributed by atoms with Crippen LogP contribution < -0.4 is 0 Å². The van der Waals surface area contributed by atoms with Crippen LogP contribution in [0.1, 0.15) is 22.3 Å². The van der Waals surface area contributed by atoms with Crippen LogP contribution in [0, 0.1) is 0 Å². The zero-order valence-corrected chi connectivity index (χ0v) is 27.9. The molecular weight excluding hydrogens is 617 g/mol. The minimum atomic E-state index is -0.429. The highest BCUT2D eigenvalue weighted by Gasteiger charge is 2.46. The maximum Gasteiger partial charge on any atom is 0.0973 e. The summed E-state index contributed by atoms with van der Waals surface area (Å²) in [6, 6.07) is 69.7. The summed E-state index contributed by atoms with van der Waals surface area (Å²) in [5, 5.41) is 2.44. The van der Waals surface area contributed by atoms with Gasteiger partial charge in [-0.1, -0.05) is 170 Å². The van der Waals surface area contributed by atoms with Gasteiger partial charge in [-0.3, -0.25) is 0 Å². The van der Waals surface area contributed by atoms with Gasteiger partial charge in [0.25, 0.3) is 0 Å². The van der Waals surface area contributed by atoms with Crippen LogP contribution in [0.3, 0.4) is 0 Å². The standard InChI is InChI=1S/C49H32N2/c1-5-16-33(17-6-1)47-48(34-18-7-2-8-19-34)51-46-31-36(28-29-45(46)50-47)39-26-15-20-35-30-44-42(32-41(35)39)40-25-13-14-27-43(40)49(44,37-21-9-3-10-22-37)38-23-11-4-12-24-38/h1-32H. The lowest BCUT2D eigenvalue weighted by Crippen LogP contribution is -2.28. The number of nitrogens with zero attached hydrogens (tertiary/aromatic N) is 2. The van der Waals surface area contributed by atoms with E-state index in [0.29, 0.717) is 0 Å². The third-order valence-corrected chi connectivity index (χ3v) is 10.5. The molecule has 0 bridgehead atoms. The van der Waals surface area contributed by atoms with E-state index in [1.54, 1.807) is 0 Å². The van der Waals surface area contributed by atoms with Crippen LogP contribution in [0.2, 0.25) is 0 Å². The molecule has 51 heavy (non-hydrogen) atoms. The summed E-state index contributed by atoms with van der Waals surface area (Å²) < 4.78 is 0. The molecule has 0 fully saturated rings. The monoisotopic (exact) mass is 648 g/mol. The van der Waals surface area contributed by atoms with Crippen molar-refractivity contribution in [1.29, 1.82) is 0 Å². The smallest absolute Gasteiger partial charge is 0.0973 e. The van der Waals surface area contributed by atoms with Crippen LogP contribution >= 0.6 is 0 Å². The molecule has 1 aliphatic rings. The largest absolute Gasteiger partial charge is 0.244 e. The van der Waals surface area contributed by atoms with Gasteiger partial charge in [0.15, 0.2) is 0 Å². The van der Waals surface area contributed by atoms with Gasteiger partial charge in [0.05, 0.1) is 27.8 Å². The van der Waals surface area contributed by atoms with E-state index in [1.807, 2.05) is 12.1 Å². The van der Waals surface area contributed by atoms with Crippen LogP contribution in [0.15, 0.2) is 194 Å². The predicted molar refractivity (Wildman–Crippen MR) is 211 cm³/mol. The minimum Gasteiger partial charge on any atom is -0.244 e. The van der Waals surface area contributed by atoms with E-state index in [-0.39, 0.29) is 0 Å². The van der Waals surface area contributed by atoms with Crippen LogP contribution in [-0.4, -0.2) is 9.97 Å². The lowest BCUT2D eigenvalue weighted by atomic mass is 9.67. The molecule has 1 aromatic heterocycles. The molecule has 0 aliphatic heterocycles. The zero-order chi connectivity index (χ0) is 33.8. The fourth-order valence-electron chi connectivity index (χ4n) is 8.28. The van der Waals surface area contributed by atoms with Crippen molar-refractivity contribution in [1.82, 2.24) is 9.97 Å². The quantitative estimate of drug-likeness (QED) is 0.186. The number of aromatic nitrogens is 2. The molecule has 0 amide bonds. The first-order chi connectivity index (χ1) is 25.3. The Balaban J connectivity index is 1.20. The van der Waals surface area contributed by atoms with E-state index in [4.69, 9.17) is 9.97 Å². The van der Waals surface area contributed by atoms with Crippen molar-refractivity contribution in [3.63, 3.8) is 0 Å². The molecule has 238 valence electrons. The summed E-state index contributed by atoms with van der Waals surface area (Å²) in [5.74, 6) is 0. The molecule has 0 saturated carbocycles. The molecule has 0 atom stereocenters. The Morgan fingerprint density at radius 1 is 0.333 bits per heavy atom. The van der Waals surface area contributed by atoms with Gasteiger partial charge >= 0.3 is 0 Å². The summed E-state index contributed by atoms with van der Waals surface area (Å²) in [6.07, 6.45) is 0. The second kappa shape index (κ2) is 11.8. The van der Waals surface area contributed by atoms with Gasteiger partial charge in [-0.15, -0.1) is 0 Å². The Kier molecular flexibility index (Phi) is 6.75. The second-order valence-corrected chi connectivity index (χ2v) is 13.3. The molecule has 9 aromatic rings. The highest BCUT2D eigenvalue weighted by molar-refractivity contribution is 6.03. The van der Waals surface area contributed by atoms with Crippen LogP contribution in [-0.2, 0) is 5.41 Å². The number of fused-ring (bicyclic) bond motifs is 5. The van der Waals surface area contributed by atoms with Gasteiger partial charge in [0.1, 0.15) is 0 Å². The Hall–Kier alpha value is -6.64. The summed E-state index contributed by atoms with van der Waals surface area (Å²) in [5.41, 5.74) is 15.2. The minimum absolute atomic E-state index is 0.429. The number of hydrogen-bond donors (Lipinski definition) is 0. The molecule has 1 aliphatic carbocycles. The maximum atomic E-state index is 5.30. The summed E-state index contributed by atoms with van der Waals surface area (Å²) in [4.78, 5) is 10.5. The molecular formula is C49H32N2. The molecule has 0 unspecified atom stereocenters. The van der Waals surface area contributed by atoms with E-state index < -0.39 is 5.41 Å². The number of hydrogen-bond acceptors (Lipinski definition) is 2. The highest BCUT2D eigenvalue weighted by atomic mass is 14.8. The topological polar surface area (TPSA) is 25.8 Å². The molecule has 0 N–H and O–H groups in total. The summed E-state index contributed by atoms with van der Waals surface area (Å²) in [6.45, 7) is 0. The van der Waals surface area contributed by atoms with E-state index in [1.165, 1.54) is 49.7 Å². The van der Waals surface area contributed by atoms with Crippen molar-refractivity contribution in [3.05, 3.63) is 216 Å². The number of rotatable bonds is 5.